The number of rotatable bonds is 4. The predicted octanol–water partition coefficient (Wildman–Crippen LogP) is 1.92. The third-order valence-corrected chi connectivity index (χ3v) is 3.09. The Bertz CT molecular complexity index is 485. The van der Waals surface area contributed by atoms with Crippen LogP contribution < -0.4 is 5.46 Å². The Balaban J connectivity index is 2.21. The summed E-state index contributed by atoms with van der Waals surface area (Å²) in [4.78, 5) is 6.65. The van der Waals surface area contributed by atoms with Gasteiger partial charge in [-0.05, 0) is 24.2 Å². The first-order valence-electron chi connectivity index (χ1n) is 6.16. The molecule has 0 aliphatic heterocycles. The van der Waals surface area contributed by atoms with E-state index >= 15 is 0 Å². The Morgan fingerprint density at radius 1 is 1.18 bits per heavy atom. The Morgan fingerprint density at radius 2 is 1.88 bits per heavy atom. The standard InChI is InChI=1S/C13H19BN2O/c1-9(2)16(10(3)4)14-11-5-6-13-12(7-11)15-8-17-13/h5-10,14H,1-4H3. The fourth-order valence-electron chi connectivity index (χ4n) is 2.17. The SMILES string of the molecule is CC(C)N(Bc1ccc2ocnc2c1)C(C)C. The minimum atomic E-state index is 0.544. The molecule has 0 fully saturated rings. The van der Waals surface area contributed by atoms with Gasteiger partial charge in [0.2, 0.25) is 7.41 Å². The lowest BCUT2D eigenvalue weighted by Gasteiger charge is -2.30. The summed E-state index contributed by atoms with van der Waals surface area (Å²) in [6, 6.07) is 7.31. The van der Waals surface area contributed by atoms with Crippen LogP contribution in [-0.4, -0.2) is 29.3 Å². The molecule has 17 heavy (non-hydrogen) atoms. The molecule has 1 aromatic carbocycles. The van der Waals surface area contributed by atoms with Crippen LogP contribution in [0, 0.1) is 0 Å². The van der Waals surface area contributed by atoms with E-state index in [2.05, 4.69) is 49.6 Å². The van der Waals surface area contributed by atoms with Gasteiger partial charge in [0, 0.05) is 0 Å². The average molecular weight is 230 g/mol. The third kappa shape index (κ3) is 2.69. The van der Waals surface area contributed by atoms with Gasteiger partial charge in [0.05, 0.1) is 0 Å². The first kappa shape index (κ1) is 12.2. The summed E-state index contributed by atoms with van der Waals surface area (Å²) < 4.78 is 5.25. The van der Waals surface area contributed by atoms with E-state index < -0.39 is 0 Å². The number of hydrogen-bond donors (Lipinski definition) is 0. The van der Waals surface area contributed by atoms with Crippen molar-refractivity contribution in [2.75, 3.05) is 0 Å². The molecule has 0 aliphatic carbocycles. The minimum absolute atomic E-state index is 0.544. The van der Waals surface area contributed by atoms with Crippen molar-refractivity contribution >= 4 is 24.0 Å². The summed E-state index contributed by atoms with van der Waals surface area (Å²) >= 11 is 0. The third-order valence-electron chi connectivity index (χ3n) is 3.09. The molecular formula is C13H19BN2O. The highest BCUT2D eigenvalue weighted by Gasteiger charge is 2.15. The number of hydrogen-bond acceptors (Lipinski definition) is 3. The van der Waals surface area contributed by atoms with Crippen LogP contribution in [0.3, 0.4) is 0 Å². The van der Waals surface area contributed by atoms with Gasteiger partial charge in [-0.3, -0.25) is 0 Å². The lowest BCUT2D eigenvalue weighted by molar-refractivity contribution is 0.315. The second-order valence-electron chi connectivity index (χ2n) is 5.01. The highest BCUT2D eigenvalue weighted by Crippen LogP contribution is 2.10. The molecule has 0 amide bonds. The summed E-state index contributed by atoms with van der Waals surface area (Å²) in [6.07, 6.45) is 1.50. The average Bonchev–Trinajstić information content (AvgIpc) is 2.71. The molecule has 0 N–H and O–H groups in total. The fraction of sp³-hybridized carbons (Fsp3) is 0.462. The van der Waals surface area contributed by atoms with Gasteiger partial charge in [-0.1, -0.05) is 39.2 Å². The minimum Gasteiger partial charge on any atom is -0.443 e. The first-order chi connectivity index (χ1) is 8.08. The summed E-state index contributed by atoms with van der Waals surface area (Å²) in [6.45, 7) is 8.92. The smallest absolute Gasteiger partial charge is 0.239 e. The molecule has 3 nitrogen and oxygen atoms in total. The molecule has 0 bridgehead atoms. The van der Waals surface area contributed by atoms with E-state index in [9.17, 15) is 0 Å². The van der Waals surface area contributed by atoms with E-state index in [0.29, 0.717) is 12.1 Å². The summed E-state index contributed by atoms with van der Waals surface area (Å²) in [5, 5.41) is 0. The van der Waals surface area contributed by atoms with Gasteiger partial charge in [0.25, 0.3) is 0 Å². The van der Waals surface area contributed by atoms with Crippen molar-refractivity contribution in [2.24, 2.45) is 0 Å². The van der Waals surface area contributed by atoms with E-state index in [-0.39, 0.29) is 0 Å². The quantitative estimate of drug-likeness (QED) is 0.751. The normalized spacial score (nSPS) is 11.9. The molecule has 1 aromatic heterocycles. The Hall–Kier alpha value is -1.29. The van der Waals surface area contributed by atoms with Crippen molar-refractivity contribution < 1.29 is 4.42 Å². The maximum Gasteiger partial charge on any atom is 0.239 e. The maximum absolute atomic E-state index is 5.25. The van der Waals surface area contributed by atoms with Gasteiger partial charge < -0.3 is 9.23 Å². The van der Waals surface area contributed by atoms with Crippen LogP contribution in [-0.2, 0) is 0 Å². The lowest BCUT2D eigenvalue weighted by Crippen LogP contribution is -2.45. The van der Waals surface area contributed by atoms with Gasteiger partial charge >= 0.3 is 0 Å². The molecule has 0 atom stereocenters. The van der Waals surface area contributed by atoms with Crippen molar-refractivity contribution in [3.05, 3.63) is 24.6 Å². The topological polar surface area (TPSA) is 29.3 Å². The Morgan fingerprint density at radius 3 is 2.53 bits per heavy atom. The van der Waals surface area contributed by atoms with Crippen LogP contribution in [0.4, 0.5) is 0 Å². The number of nitrogens with zero attached hydrogens (tertiary/aromatic N) is 2. The van der Waals surface area contributed by atoms with Crippen LogP contribution in [0.2, 0.25) is 0 Å². The molecule has 1 heterocycles. The molecule has 0 saturated carbocycles. The van der Waals surface area contributed by atoms with E-state index in [1.165, 1.54) is 11.9 Å². The molecule has 2 rings (SSSR count). The highest BCUT2D eigenvalue weighted by molar-refractivity contribution is 6.51. The molecule has 2 aromatic rings. The monoisotopic (exact) mass is 230 g/mol. The van der Waals surface area contributed by atoms with Crippen LogP contribution in [0.25, 0.3) is 11.1 Å². The largest absolute Gasteiger partial charge is 0.443 e. The van der Waals surface area contributed by atoms with Crippen LogP contribution in [0.5, 0.6) is 0 Å². The summed E-state index contributed by atoms with van der Waals surface area (Å²) in [5.74, 6) is 0. The summed E-state index contributed by atoms with van der Waals surface area (Å²) in [7, 11) is 0.956. The molecule has 90 valence electrons. The second-order valence-corrected chi connectivity index (χ2v) is 5.01. The second kappa shape index (κ2) is 4.92. The van der Waals surface area contributed by atoms with Gasteiger partial charge in [-0.2, -0.15) is 0 Å². The number of oxazole rings is 1. The van der Waals surface area contributed by atoms with E-state index in [4.69, 9.17) is 4.42 Å². The van der Waals surface area contributed by atoms with Crippen LogP contribution >= 0.6 is 0 Å². The van der Waals surface area contributed by atoms with Gasteiger partial charge in [0.1, 0.15) is 5.52 Å². The lowest BCUT2D eigenvalue weighted by atomic mass is 9.78. The Kier molecular flexibility index (Phi) is 3.53. The van der Waals surface area contributed by atoms with Crippen molar-refractivity contribution in [1.29, 1.82) is 0 Å². The number of fused-ring (bicyclic) bond motifs is 1. The summed E-state index contributed by atoms with van der Waals surface area (Å²) in [5.41, 5.74) is 3.08. The van der Waals surface area contributed by atoms with Crippen molar-refractivity contribution in [1.82, 2.24) is 9.79 Å². The van der Waals surface area contributed by atoms with Crippen LogP contribution in [0.15, 0.2) is 29.0 Å². The number of benzene rings is 1. The fourth-order valence-corrected chi connectivity index (χ4v) is 2.17. The zero-order valence-corrected chi connectivity index (χ0v) is 11.0. The molecule has 0 aliphatic rings. The first-order valence-corrected chi connectivity index (χ1v) is 6.16. The maximum atomic E-state index is 5.25. The molecular weight excluding hydrogens is 211 g/mol. The molecule has 0 unspecified atom stereocenters. The van der Waals surface area contributed by atoms with Crippen molar-refractivity contribution in [3.63, 3.8) is 0 Å². The van der Waals surface area contributed by atoms with Gasteiger partial charge in [0.15, 0.2) is 12.0 Å². The molecule has 0 saturated heterocycles. The molecule has 0 radical (unpaired) electrons. The predicted molar refractivity (Wildman–Crippen MR) is 72.9 cm³/mol. The zero-order valence-electron chi connectivity index (χ0n) is 11.0. The van der Waals surface area contributed by atoms with Gasteiger partial charge in [-0.15, -0.1) is 0 Å². The number of aromatic nitrogens is 1. The molecule has 4 heteroatoms. The van der Waals surface area contributed by atoms with Crippen molar-refractivity contribution in [3.8, 4) is 0 Å². The van der Waals surface area contributed by atoms with Gasteiger partial charge in [-0.25, -0.2) is 4.98 Å². The highest BCUT2D eigenvalue weighted by atomic mass is 16.3. The Labute approximate surface area is 103 Å². The van der Waals surface area contributed by atoms with Crippen molar-refractivity contribution in [2.45, 2.75) is 39.8 Å². The zero-order chi connectivity index (χ0) is 12.4. The van der Waals surface area contributed by atoms with E-state index in [1.807, 2.05) is 6.07 Å². The van der Waals surface area contributed by atoms with E-state index in [0.717, 1.165) is 18.5 Å². The van der Waals surface area contributed by atoms with E-state index in [1.54, 1.807) is 0 Å². The van der Waals surface area contributed by atoms with Crippen LogP contribution in [0.1, 0.15) is 27.7 Å². The molecule has 0 spiro atoms.